The molecule has 0 saturated heterocycles. The van der Waals surface area contributed by atoms with Gasteiger partial charge in [0.15, 0.2) is 0 Å². The van der Waals surface area contributed by atoms with Gasteiger partial charge >= 0.3 is 12.1 Å². The van der Waals surface area contributed by atoms with Crippen LogP contribution in [0.3, 0.4) is 0 Å². The summed E-state index contributed by atoms with van der Waals surface area (Å²) in [4.78, 5) is 24.0. The number of aromatic nitrogens is 1. The van der Waals surface area contributed by atoms with Crippen LogP contribution in [0.2, 0.25) is 0 Å². The molecular weight excluding hydrogens is 277 g/mol. The number of carbonyl (C=O) groups is 1. The predicted octanol–water partition coefficient (Wildman–Crippen LogP) is 2.51. The van der Waals surface area contributed by atoms with Crippen LogP contribution in [0.15, 0.2) is 10.9 Å². The molecule has 0 aliphatic rings. The van der Waals surface area contributed by atoms with E-state index in [1.165, 1.54) is 6.92 Å². The highest BCUT2D eigenvalue weighted by Gasteiger charge is 2.39. The van der Waals surface area contributed by atoms with Crippen molar-refractivity contribution < 1.29 is 31.5 Å². The second-order valence-corrected chi connectivity index (χ2v) is 3.35. The average molecular weight is 285 g/mol. The monoisotopic (exact) mass is 285 g/mol. The Kier molecular flexibility index (Phi) is 4.28. The van der Waals surface area contributed by atoms with Crippen LogP contribution in [-0.2, 0) is 10.9 Å². The summed E-state index contributed by atoms with van der Waals surface area (Å²) in [5, 5.41) is 0. The molecule has 0 saturated carbocycles. The third-order valence-electron chi connectivity index (χ3n) is 2.09. The zero-order valence-electron chi connectivity index (χ0n) is 9.48. The number of halogens is 5. The molecule has 1 aromatic rings. The number of hydrogen-bond acceptors (Lipinski definition) is 3. The second kappa shape index (κ2) is 5.37. The van der Waals surface area contributed by atoms with Crippen LogP contribution in [0.4, 0.5) is 22.0 Å². The van der Waals surface area contributed by atoms with E-state index in [1.807, 2.05) is 0 Å². The van der Waals surface area contributed by atoms with Gasteiger partial charge in [0, 0.05) is 6.07 Å². The van der Waals surface area contributed by atoms with Gasteiger partial charge in [-0.15, -0.1) is 0 Å². The van der Waals surface area contributed by atoms with Crippen LogP contribution in [0.1, 0.15) is 35.0 Å². The molecule has 1 N–H and O–H groups in total. The zero-order valence-corrected chi connectivity index (χ0v) is 9.48. The van der Waals surface area contributed by atoms with E-state index in [2.05, 4.69) is 4.74 Å². The topological polar surface area (TPSA) is 59.2 Å². The molecule has 1 aromatic heterocycles. The molecule has 0 unspecified atom stereocenters. The van der Waals surface area contributed by atoms with Gasteiger partial charge in [-0.25, -0.2) is 13.6 Å². The molecule has 0 aliphatic carbocycles. The van der Waals surface area contributed by atoms with E-state index >= 15 is 0 Å². The van der Waals surface area contributed by atoms with Crippen LogP contribution in [0, 0.1) is 0 Å². The summed E-state index contributed by atoms with van der Waals surface area (Å²) < 4.78 is 67.5. The fourth-order valence-corrected chi connectivity index (χ4v) is 1.40. The lowest BCUT2D eigenvalue weighted by molar-refractivity contribution is -0.139. The second-order valence-electron chi connectivity index (χ2n) is 3.35. The number of H-pyrrole nitrogens is 1. The summed E-state index contributed by atoms with van der Waals surface area (Å²) in [6, 6.07) is -0.0236. The molecule has 0 amide bonds. The number of esters is 1. The molecular formula is C10H8F5NO3. The molecule has 0 radical (unpaired) electrons. The Morgan fingerprint density at radius 3 is 2.42 bits per heavy atom. The quantitative estimate of drug-likeness (QED) is 0.685. The van der Waals surface area contributed by atoms with Gasteiger partial charge in [-0.05, 0) is 6.92 Å². The summed E-state index contributed by atoms with van der Waals surface area (Å²) >= 11 is 0. The van der Waals surface area contributed by atoms with Crippen LogP contribution in [0.5, 0.6) is 0 Å². The normalized spacial score (nSPS) is 11.7. The first kappa shape index (κ1) is 15.1. The van der Waals surface area contributed by atoms with Crippen molar-refractivity contribution in [2.24, 2.45) is 0 Å². The minimum absolute atomic E-state index is 0.0236. The molecule has 9 heteroatoms. The van der Waals surface area contributed by atoms with E-state index in [-0.39, 0.29) is 12.7 Å². The highest BCUT2D eigenvalue weighted by Crippen LogP contribution is 2.36. The third-order valence-corrected chi connectivity index (χ3v) is 2.09. The van der Waals surface area contributed by atoms with Gasteiger partial charge in [-0.2, -0.15) is 13.2 Å². The van der Waals surface area contributed by atoms with Crippen molar-refractivity contribution in [1.29, 1.82) is 0 Å². The highest BCUT2D eigenvalue weighted by molar-refractivity contribution is 5.89. The van der Waals surface area contributed by atoms with Crippen molar-refractivity contribution in [3.8, 4) is 0 Å². The number of nitrogens with one attached hydrogen (secondary N) is 1. The molecule has 106 valence electrons. The molecule has 4 nitrogen and oxygen atoms in total. The Balaban J connectivity index is 3.59. The van der Waals surface area contributed by atoms with Crippen molar-refractivity contribution in [3.05, 3.63) is 33.2 Å². The maximum absolute atomic E-state index is 12.7. The first-order valence-electron chi connectivity index (χ1n) is 4.98. The first-order valence-corrected chi connectivity index (χ1v) is 4.98. The first-order chi connectivity index (χ1) is 8.68. The molecule has 0 aliphatic heterocycles. The lowest BCUT2D eigenvalue weighted by atomic mass is 10.1. The molecule has 0 spiro atoms. The highest BCUT2D eigenvalue weighted by atomic mass is 19.4. The molecule has 0 atom stereocenters. The van der Waals surface area contributed by atoms with Crippen molar-refractivity contribution in [2.75, 3.05) is 6.61 Å². The standard InChI is InChI=1S/C10H8F5NO3/c1-2-19-9(18)7-6(8(11)12)4(10(13,14)15)3-5(17)16-7/h3,8H,2H2,1H3,(H,16,17). The summed E-state index contributed by atoms with van der Waals surface area (Å²) in [6.07, 6.45) is -8.77. The van der Waals surface area contributed by atoms with Crippen molar-refractivity contribution in [1.82, 2.24) is 4.98 Å². The van der Waals surface area contributed by atoms with Crippen molar-refractivity contribution in [3.63, 3.8) is 0 Å². The van der Waals surface area contributed by atoms with Crippen LogP contribution < -0.4 is 5.56 Å². The van der Waals surface area contributed by atoms with E-state index in [0.29, 0.717) is 0 Å². The largest absolute Gasteiger partial charge is 0.461 e. The van der Waals surface area contributed by atoms with Gasteiger partial charge in [0.25, 0.3) is 6.43 Å². The van der Waals surface area contributed by atoms with Crippen LogP contribution >= 0.6 is 0 Å². The number of hydrogen-bond donors (Lipinski definition) is 1. The fraction of sp³-hybridized carbons (Fsp3) is 0.400. The van der Waals surface area contributed by atoms with Gasteiger partial charge in [0.1, 0.15) is 5.69 Å². The van der Waals surface area contributed by atoms with Gasteiger partial charge in [-0.3, -0.25) is 4.79 Å². The SMILES string of the molecule is CCOC(=O)c1[nH]c(=O)cc(C(F)(F)F)c1C(F)F. The summed E-state index contributed by atoms with van der Waals surface area (Å²) in [7, 11) is 0. The number of rotatable bonds is 3. The van der Waals surface area contributed by atoms with Gasteiger partial charge in [0.2, 0.25) is 5.56 Å². The fourth-order valence-electron chi connectivity index (χ4n) is 1.40. The summed E-state index contributed by atoms with van der Waals surface area (Å²) in [5.41, 5.74) is -5.95. The molecule has 0 bridgehead atoms. The predicted molar refractivity (Wildman–Crippen MR) is 53.0 cm³/mol. The van der Waals surface area contributed by atoms with Gasteiger partial charge in [0.05, 0.1) is 17.7 Å². The van der Waals surface area contributed by atoms with Crippen molar-refractivity contribution >= 4 is 5.97 Å². The van der Waals surface area contributed by atoms with E-state index in [4.69, 9.17) is 0 Å². The maximum atomic E-state index is 12.7. The molecule has 1 heterocycles. The summed E-state index contributed by atoms with van der Waals surface area (Å²) in [5.74, 6) is -1.44. The number of alkyl halides is 5. The Morgan fingerprint density at radius 1 is 1.42 bits per heavy atom. The van der Waals surface area contributed by atoms with E-state index < -0.39 is 41.0 Å². The number of aromatic amines is 1. The third kappa shape index (κ3) is 3.30. The molecule has 1 rings (SSSR count). The maximum Gasteiger partial charge on any atom is 0.417 e. The number of pyridine rings is 1. The van der Waals surface area contributed by atoms with Gasteiger partial charge < -0.3 is 9.72 Å². The van der Waals surface area contributed by atoms with Crippen LogP contribution in [0.25, 0.3) is 0 Å². The minimum Gasteiger partial charge on any atom is -0.461 e. The molecule has 0 fully saturated rings. The molecule has 0 aromatic carbocycles. The van der Waals surface area contributed by atoms with Gasteiger partial charge in [-0.1, -0.05) is 0 Å². The van der Waals surface area contributed by atoms with Crippen molar-refractivity contribution in [2.45, 2.75) is 19.5 Å². The Bertz CT molecular complexity index is 535. The Labute approximate surface area is 103 Å². The summed E-state index contributed by atoms with van der Waals surface area (Å²) in [6.45, 7) is 1.10. The average Bonchev–Trinajstić information content (AvgIpc) is 2.26. The van der Waals surface area contributed by atoms with E-state index in [9.17, 15) is 31.5 Å². The minimum atomic E-state index is -5.18. The van der Waals surface area contributed by atoms with E-state index in [1.54, 1.807) is 4.98 Å². The Hall–Kier alpha value is -1.93. The molecule has 19 heavy (non-hydrogen) atoms. The van der Waals surface area contributed by atoms with E-state index in [0.717, 1.165) is 0 Å². The lowest BCUT2D eigenvalue weighted by Gasteiger charge is -2.14. The zero-order chi connectivity index (χ0) is 14.8. The Morgan fingerprint density at radius 2 is 2.00 bits per heavy atom. The smallest absolute Gasteiger partial charge is 0.417 e. The van der Waals surface area contributed by atoms with Crippen LogP contribution in [-0.4, -0.2) is 17.6 Å². The number of carbonyl (C=O) groups excluding carboxylic acids is 1. The lowest BCUT2D eigenvalue weighted by Crippen LogP contribution is -2.23. The number of ether oxygens (including phenoxy) is 1.